The van der Waals surface area contributed by atoms with Crippen LogP contribution in [0.2, 0.25) is 0 Å². The summed E-state index contributed by atoms with van der Waals surface area (Å²) >= 11 is 0. The van der Waals surface area contributed by atoms with Crippen molar-refractivity contribution in [1.29, 1.82) is 0 Å². The molecule has 2 N–H and O–H groups in total. The Morgan fingerprint density at radius 1 is 1.62 bits per heavy atom. The van der Waals surface area contributed by atoms with Crippen LogP contribution in [0.3, 0.4) is 0 Å². The Morgan fingerprint density at radius 2 is 2.44 bits per heavy atom. The molecule has 16 heavy (non-hydrogen) atoms. The van der Waals surface area contributed by atoms with Crippen molar-refractivity contribution in [3.8, 4) is 0 Å². The monoisotopic (exact) mass is 225 g/mol. The molecule has 0 aliphatic rings. The number of nitrogens with one attached hydrogen (secondary N) is 2. The summed E-state index contributed by atoms with van der Waals surface area (Å²) in [5.41, 5.74) is 0.392. The van der Waals surface area contributed by atoms with Crippen molar-refractivity contribution in [2.75, 3.05) is 18.5 Å². The fraction of sp³-hybridized carbons (Fsp3) is 0.500. The van der Waals surface area contributed by atoms with Crippen LogP contribution in [0.15, 0.2) is 17.1 Å². The lowest BCUT2D eigenvalue weighted by Gasteiger charge is -2.04. The van der Waals surface area contributed by atoms with Gasteiger partial charge in [-0.1, -0.05) is 0 Å². The van der Waals surface area contributed by atoms with E-state index in [0.29, 0.717) is 31.7 Å². The van der Waals surface area contributed by atoms with Gasteiger partial charge in [0.1, 0.15) is 0 Å². The highest BCUT2D eigenvalue weighted by atomic mass is 16.5. The summed E-state index contributed by atoms with van der Waals surface area (Å²) in [6.07, 6.45) is 2.55. The zero-order valence-electron chi connectivity index (χ0n) is 9.16. The van der Waals surface area contributed by atoms with Gasteiger partial charge in [-0.05, 0) is 13.3 Å². The third-order valence-electron chi connectivity index (χ3n) is 1.86. The molecule has 0 fully saturated rings. The van der Waals surface area contributed by atoms with Gasteiger partial charge in [0.05, 0.1) is 18.5 Å². The van der Waals surface area contributed by atoms with Gasteiger partial charge in [0.25, 0.3) is 5.56 Å². The molecule has 1 heterocycles. The maximum Gasteiger partial charge on any atom is 0.305 e. The van der Waals surface area contributed by atoms with Crippen LogP contribution in [0.5, 0.6) is 0 Å². The first-order valence-corrected chi connectivity index (χ1v) is 5.16. The summed E-state index contributed by atoms with van der Waals surface area (Å²) in [5, 5.41) is 8.91. The minimum Gasteiger partial charge on any atom is -0.466 e. The highest BCUT2D eigenvalue weighted by Crippen LogP contribution is 2.00. The van der Waals surface area contributed by atoms with Gasteiger partial charge in [0, 0.05) is 19.0 Å². The number of carbonyl (C=O) groups is 1. The molecule has 1 rings (SSSR count). The van der Waals surface area contributed by atoms with Crippen LogP contribution >= 0.6 is 0 Å². The number of hydrogen-bond acceptors (Lipinski definition) is 5. The van der Waals surface area contributed by atoms with Crippen LogP contribution in [0.4, 0.5) is 5.69 Å². The molecule has 0 atom stereocenters. The van der Waals surface area contributed by atoms with E-state index in [1.807, 2.05) is 0 Å². The number of H-pyrrole nitrogens is 1. The second-order valence-corrected chi connectivity index (χ2v) is 3.17. The third-order valence-corrected chi connectivity index (χ3v) is 1.86. The summed E-state index contributed by atoms with van der Waals surface area (Å²) in [5.74, 6) is -0.201. The van der Waals surface area contributed by atoms with E-state index in [1.54, 1.807) is 6.92 Å². The summed E-state index contributed by atoms with van der Waals surface area (Å²) < 4.78 is 4.78. The van der Waals surface area contributed by atoms with Crippen molar-refractivity contribution >= 4 is 11.7 Å². The number of hydrogen-bond donors (Lipinski definition) is 2. The first kappa shape index (κ1) is 12.2. The van der Waals surface area contributed by atoms with Gasteiger partial charge in [-0.2, -0.15) is 5.10 Å². The topological polar surface area (TPSA) is 84.1 Å². The second-order valence-electron chi connectivity index (χ2n) is 3.17. The Morgan fingerprint density at radius 3 is 3.12 bits per heavy atom. The largest absolute Gasteiger partial charge is 0.466 e. The van der Waals surface area contributed by atoms with Gasteiger partial charge in [0.2, 0.25) is 0 Å². The van der Waals surface area contributed by atoms with E-state index in [9.17, 15) is 9.59 Å². The van der Waals surface area contributed by atoms with E-state index in [1.165, 1.54) is 12.3 Å². The van der Waals surface area contributed by atoms with Crippen molar-refractivity contribution in [2.24, 2.45) is 0 Å². The van der Waals surface area contributed by atoms with E-state index >= 15 is 0 Å². The van der Waals surface area contributed by atoms with Gasteiger partial charge in [-0.25, -0.2) is 5.10 Å². The van der Waals surface area contributed by atoms with E-state index in [0.717, 1.165) is 0 Å². The lowest BCUT2D eigenvalue weighted by molar-refractivity contribution is -0.143. The fourth-order valence-electron chi connectivity index (χ4n) is 1.17. The van der Waals surface area contributed by atoms with Gasteiger partial charge < -0.3 is 10.1 Å². The van der Waals surface area contributed by atoms with Gasteiger partial charge in [0.15, 0.2) is 0 Å². The number of anilines is 1. The molecule has 0 spiro atoms. The molecular weight excluding hydrogens is 210 g/mol. The number of ether oxygens (including phenoxy) is 1. The average Bonchev–Trinajstić information content (AvgIpc) is 2.25. The average molecular weight is 225 g/mol. The number of nitrogens with zero attached hydrogens (tertiary/aromatic N) is 1. The highest BCUT2D eigenvalue weighted by molar-refractivity contribution is 5.69. The van der Waals surface area contributed by atoms with Crippen LogP contribution in [-0.2, 0) is 9.53 Å². The number of aromatic amines is 1. The minimum atomic E-state index is -0.254. The second kappa shape index (κ2) is 6.60. The Bertz CT molecular complexity index is 389. The summed E-state index contributed by atoms with van der Waals surface area (Å²) in [7, 11) is 0. The highest BCUT2D eigenvalue weighted by Gasteiger charge is 2.00. The minimum absolute atomic E-state index is 0.201. The Balaban J connectivity index is 2.21. The molecule has 0 saturated heterocycles. The molecule has 0 saturated carbocycles. The maximum absolute atomic E-state index is 11.0. The summed E-state index contributed by atoms with van der Waals surface area (Å²) in [4.78, 5) is 21.9. The van der Waals surface area contributed by atoms with E-state index in [2.05, 4.69) is 15.5 Å². The molecule has 1 aromatic heterocycles. The van der Waals surface area contributed by atoms with Crippen molar-refractivity contribution in [1.82, 2.24) is 10.2 Å². The number of rotatable bonds is 6. The van der Waals surface area contributed by atoms with Gasteiger partial charge in [-0.15, -0.1) is 0 Å². The number of esters is 1. The van der Waals surface area contributed by atoms with E-state index in [-0.39, 0.29) is 11.5 Å². The normalized spacial score (nSPS) is 9.81. The molecule has 0 unspecified atom stereocenters. The van der Waals surface area contributed by atoms with E-state index in [4.69, 9.17) is 4.74 Å². The van der Waals surface area contributed by atoms with Crippen LogP contribution in [0, 0.1) is 0 Å². The predicted molar refractivity (Wildman–Crippen MR) is 59.2 cm³/mol. The molecule has 88 valence electrons. The number of carbonyl (C=O) groups excluding carboxylic acids is 1. The zero-order valence-corrected chi connectivity index (χ0v) is 9.16. The Labute approximate surface area is 93.0 Å². The molecule has 0 amide bonds. The van der Waals surface area contributed by atoms with Crippen molar-refractivity contribution < 1.29 is 9.53 Å². The van der Waals surface area contributed by atoms with Crippen LogP contribution in [0.1, 0.15) is 19.8 Å². The molecule has 6 heteroatoms. The van der Waals surface area contributed by atoms with Crippen LogP contribution in [-0.4, -0.2) is 29.3 Å². The fourth-order valence-corrected chi connectivity index (χ4v) is 1.17. The standard InChI is InChI=1S/C10H15N3O3/c1-2-16-10(15)4-3-5-11-8-6-9(14)13-12-7-8/h6-7H,2-5H2,1H3,(H2,11,13,14). The molecule has 1 aromatic rings. The Hall–Kier alpha value is -1.85. The van der Waals surface area contributed by atoms with Crippen molar-refractivity contribution in [3.05, 3.63) is 22.6 Å². The molecule has 0 bridgehead atoms. The molecule has 0 aromatic carbocycles. The van der Waals surface area contributed by atoms with Crippen molar-refractivity contribution in [2.45, 2.75) is 19.8 Å². The first-order chi connectivity index (χ1) is 7.72. The third kappa shape index (κ3) is 4.59. The Kier molecular flexibility index (Phi) is 5.04. The zero-order chi connectivity index (χ0) is 11.8. The molecule has 0 radical (unpaired) electrons. The van der Waals surface area contributed by atoms with E-state index < -0.39 is 0 Å². The molecular formula is C10H15N3O3. The van der Waals surface area contributed by atoms with Gasteiger partial charge in [-0.3, -0.25) is 9.59 Å². The molecule has 0 aliphatic carbocycles. The lowest BCUT2D eigenvalue weighted by Crippen LogP contribution is -2.11. The summed E-state index contributed by atoms with van der Waals surface area (Å²) in [6.45, 7) is 2.78. The predicted octanol–water partition coefficient (Wildman–Crippen LogP) is 0.525. The summed E-state index contributed by atoms with van der Waals surface area (Å²) in [6, 6.07) is 1.41. The number of aromatic nitrogens is 2. The van der Waals surface area contributed by atoms with Crippen LogP contribution < -0.4 is 10.9 Å². The molecule has 0 aliphatic heterocycles. The van der Waals surface area contributed by atoms with Crippen molar-refractivity contribution in [3.63, 3.8) is 0 Å². The maximum atomic E-state index is 11.0. The van der Waals surface area contributed by atoms with Gasteiger partial charge >= 0.3 is 5.97 Å². The quantitative estimate of drug-likeness (QED) is 0.545. The first-order valence-electron chi connectivity index (χ1n) is 5.16. The lowest BCUT2D eigenvalue weighted by atomic mass is 10.3. The molecule has 6 nitrogen and oxygen atoms in total. The van der Waals surface area contributed by atoms with Crippen LogP contribution in [0.25, 0.3) is 0 Å². The SMILES string of the molecule is CCOC(=O)CCCNc1cn[nH]c(=O)c1. The smallest absolute Gasteiger partial charge is 0.305 e.